The molecule has 1 aromatic carbocycles. The Balaban J connectivity index is 0.00000400. The van der Waals surface area contributed by atoms with E-state index < -0.39 is 0 Å². The lowest BCUT2D eigenvalue weighted by Crippen LogP contribution is -2.58. The van der Waals surface area contributed by atoms with E-state index in [1.165, 1.54) is 0 Å². The van der Waals surface area contributed by atoms with Crippen LogP contribution in [0, 0.1) is 0 Å². The van der Waals surface area contributed by atoms with Gasteiger partial charge in [-0.2, -0.15) is 0 Å². The molecule has 2 aliphatic heterocycles. The van der Waals surface area contributed by atoms with Crippen molar-refractivity contribution in [3.05, 3.63) is 57.7 Å². The Bertz CT molecular complexity index is 1040. The minimum Gasteiger partial charge on any atom is -0.395 e. The molecule has 2 aliphatic rings. The number of hydrogen-bond donors (Lipinski definition) is 3. The van der Waals surface area contributed by atoms with Gasteiger partial charge in [0.2, 0.25) is 0 Å². The first kappa shape index (κ1) is 28.1. The number of hydrogen-bond acceptors (Lipinski definition) is 7. The fraction of sp³-hybridized carbons (Fsp3) is 0.556. The van der Waals surface area contributed by atoms with Crippen LogP contribution >= 0.6 is 23.2 Å². The number of halogens is 2. The number of carbonyl (C=O) groups excluding carboxylic acids is 1. The van der Waals surface area contributed by atoms with Crippen LogP contribution in [0.5, 0.6) is 0 Å². The van der Waals surface area contributed by atoms with Crippen LogP contribution in [-0.2, 0) is 0 Å². The molecule has 0 spiro atoms. The Labute approximate surface area is 230 Å². The summed E-state index contributed by atoms with van der Waals surface area (Å²) in [6.45, 7) is 6.88. The number of pyridine rings is 1. The lowest BCUT2D eigenvalue weighted by Gasteiger charge is -2.48. The summed E-state index contributed by atoms with van der Waals surface area (Å²) in [5, 5.41) is 22.8. The summed E-state index contributed by atoms with van der Waals surface area (Å²) in [6, 6.07) is 10.3. The molecule has 0 radical (unpaired) electrons. The highest BCUT2D eigenvalue weighted by Gasteiger charge is 2.35. The van der Waals surface area contributed by atoms with Gasteiger partial charge in [-0.3, -0.25) is 14.6 Å². The van der Waals surface area contributed by atoms with E-state index in [1.54, 1.807) is 12.3 Å². The van der Waals surface area contributed by atoms with E-state index in [1.807, 2.05) is 24.3 Å². The third kappa shape index (κ3) is 6.74. The van der Waals surface area contributed by atoms with E-state index in [9.17, 15) is 9.90 Å². The molecule has 204 valence electrons. The van der Waals surface area contributed by atoms with Gasteiger partial charge in [-0.25, -0.2) is 4.98 Å². The van der Waals surface area contributed by atoms with Crippen LogP contribution in [0.25, 0.3) is 0 Å². The van der Waals surface area contributed by atoms with Gasteiger partial charge >= 0.3 is 0 Å². The van der Waals surface area contributed by atoms with Crippen molar-refractivity contribution in [2.24, 2.45) is 0 Å². The third-order valence-corrected chi connectivity index (χ3v) is 8.15. The molecule has 10 heteroatoms. The van der Waals surface area contributed by atoms with Crippen molar-refractivity contribution >= 4 is 34.9 Å². The fourth-order valence-electron chi connectivity index (χ4n) is 5.61. The van der Waals surface area contributed by atoms with Gasteiger partial charge in [-0.1, -0.05) is 42.3 Å². The summed E-state index contributed by atoms with van der Waals surface area (Å²) < 4.78 is 0. The maximum absolute atomic E-state index is 12.2. The third-order valence-electron chi connectivity index (χ3n) is 7.62. The largest absolute Gasteiger partial charge is 0.395 e. The standard InChI is InChI=1S/C27H37Cl2N5O3.H2/c1-2-22-17-33(26-24(29)15-20(16-31-26)27(37)30-9-14-35)12-13-34(22)23-7-10-32(11-8-23)25(18-36)19-3-5-21(28)6-4-19;/h3-6,15-16,22-23,25,35-36H,2,7-14,17-18H2,1H3,(H,30,37);1H/t22-,25?;/m0./s1. The van der Waals surface area contributed by atoms with E-state index >= 15 is 0 Å². The zero-order chi connectivity index (χ0) is 26.4. The Morgan fingerprint density at radius 2 is 1.89 bits per heavy atom. The van der Waals surface area contributed by atoms with Crippen molar-refractivity contribution in [3.63, 3.8) is 0 Å². The quantitative estimate of drug-likeness (QED) is 0.439. The van der Waals surface area contributed by atoms with E-state index in [4.69, 9.17) is 28.3 Å². The number of benzene rings is 1. The molecule has 0 aliphatic carbocycles. The molecule has 1 aromatic heterocycles. The summed E-state index contributed by atoms with van der Waals surface area (Å²) in [6.07, 6.45) is 4.71. The Kier molecular flexibility index (Phi) is 10.0. The highest BCUT2D eigenvalue weighted by atomic mass is 35.5. The van der Waals surface area contributed by atoms with Crippen molar-refractivity contribution < 1.29 is 16.4 Å². The average Bonchev–Trinajstić information content (AvgIpc) is 2.93. The molecule has 3 N–H and O–H groups in total. The molecule has 0 bridgehead atoms. The van der Waals surface area contributed by atoms with Gasteiger partial charge < -0.3 is 20.4 Å². The summed E-state index contributed by atoms with van der Waals surface area (Å²) in [5.74, 6) is 0.416. The second-order valence-corrected chi connectivity index (χ2v) is 10.6. The fourth-order valence-corrected chi connectivity index (χ4v) is 6.02. The number of carbonyl (C=O) groups is 1. The van der Waals surface area contributed by atoms with Crippen molar-refractivity contribution in [1.82, 2.24) is 20.1 Å². The number of likely N-dealkylation sites (tertiary alicyclic amines) is 1. The smallest absolute Gasteiger partial charge is 0.252 e. The van der Waals surface area contributed by atoms with Crippen molar-refractivity contribution in [1.29, 1.82) is 0 Å². The summed E-state index contributed by atoms with van der Waals surface area (Å²) in [7, 11) is 0. The number of piperazine rings is 1. The predicted octanol–water partition coefficient (Wildman–Crippen LogP) is 3.46. The monoisotopic (exact) mass is 551 g/mol. The molecule has 8 nitrogen and oxygen atoms in total. The highest BCUT2D eigenvalue weighted by molar-refractivity contribution is 6.33. The van der Waals surface area contributed by atoms with Gasteiger partial charge in [-0.05, 0) is 43.0 Å². The number of aromatic nitrogens is 1. The highest BCUT2D eigenvalue weighted by Crippen LogP contribution is 2.31. The molecule has 1 unspecified atom stereocenters. The van der Waals surface area contributed by atoms with Crippen LogP contribution in [0.15, 0.2) is 36.5 Å². The van der Waals surface area contributed by atoms with Crippen molar-refractivity contribution in [3.8, 4) is 0 Å². The van der Waals surface area contributed by atoms with Crippen LogP contribution in [0.4, 0.5) is 5.82 Å². The lowest BCUT2D eigenvalue weighted by atomic mass is 9.96. The Hall–Kier alpha value is -1.94. The average molecular weight is 553 g/mol. The molecular weight excluding hydrogens is 513 g/mol. The number of aliphatic hydroxyl groups excluding tert-OH is 2. The van der Waals surface area contributed by atoms with Crippen molar-refractivity contribution in [2.75, 3.05) is 57.4 Å². The van der Waals surface area contributed by atoms with Crippen LogP contribution in [0.1, 0.15) is 49.6 Å². The molecule has 1 amide bonds. The molecule has 2 saturated heterocycles. The van der Waals surface area contributed by atoms with E-state index in [0.717, 1.165) is 57.5 Å². The maximum atomic E-state index is 12.2. The first-order chi connectivity index (χ1) is 17.9. The topological polar surface area (TPSA) is 92.2 Å². The SMILES string of the molecule is CC[C@H]1CN(c2ncc(C(=O)NCCO)cc2Cl)CCN1C1CCN(C(CO)c2ccc(Cl)cc2)CC1.[HH]. The normalized spacial score (nSPS) is 20.7. The molecule has 2 fully saturated rings. The summed E-state index contributed by atoms with van der Waals surface area (Å²) in [5.41, 5.74) is 1.49. The van der Waals surface area contributed by atoms with Crippen LogP contribution in [0.2, 0.25) is 10.0 Å². The van der Waals surface area contributed by atoms with Gasteiger partial charge in [0.15, 0.2) is 0 Å². The molecular formula is C27H39Cl2N5O3. The number of nitrogens with zero attached hydrogens (tertiary/aromatic N) is 4. The van der Waals surface area contributed by atoms with Crippen LogP contribution in [-0.4, -0.2) is 95.5 Å². The van der Waals surface area contributed by atoms with Gasteiger partial charge in [0, 0.05) is 64.0 Å². The van der Waals surface area contributed by atoms with E-state index in [0.29, 0.717) is 33.5 Å². The predicted molar refractivity (Wildman–Crippen MR) is 150 cm³/mol. The number of anilines is 1. The van der Waals surface area contributed by atoms with E-state index in [2.05, 4.69) is 31.9 Å². The molecule has 3 heterocycles. The van der Waals surface area contributed by atoms with Crippen LogP contribution in [0.3, 0.4) is 0 Å². The van der Waals surface area contributed by atoms with Gasteiger partial charge in [0.05, 0.1) is 29.8 Å². The minimum atomic E-state index is -0.294. The zero-order valence-corrected chi connectivity index (χ0v) is 22.8. The Morgan fingerprint density at radius 1 is 1.16 bits per heavy atom. The maximum Gasteiger partial charge on any atom is 0.252 e. The summed E-state index contributed by atoms with van der Waals surface area (Å²) >= 11 is 12.6. The molecule has 4 rings (SSSR count). The Morgan fingerprint density at radius 3 is 2.51 bits per heavy atom. The molecule has 2 aromatic rings. The first-order valence-corrected chi connectivity index (χ1v) is 13.9. The van der Waals surface area contributed by atoms with Crippen LogP contribution < -0.4 is 10.2 Å². The van der Waals surface area contributed by atoms with Gasteiger partial charge in [0.25, 0.3) is 5.91 Å². The molecule has 0 saturated carbocycles. The van der Waals surface area contributed by atoms with Gasteiger partial charge in [-0.15, -0.1) is 0 Å². The second kappa shape index (κ2) is 13.2. The number of amides is 1. The number of piperidine rings is 1. The molecule has 37 heavy (non-hydrogen) atoms. The van der Waals surface area contributed by atoms with Gasteiger partial charge in [0.1, 0.15) is 5.82 Å². The second-order valence-electron chi connectivity index (χ2n) is 9.77. The number of aliphatic hydroxyl groups is 2. The zero-order valence-electron chi connectivity index (χ0n) is 21.3. The molecule has 2 atom stereocenters. The minimum absolute atomic E-state index is 0. The number of nitrogens with one attached hydrogen (secondary N) is 1. The first-order valence-electron chi connectivity index (χ1n) is 13.1. The van der Waals surface area contributed by atoms with Crippen molar-refractivity contribution in [2.45, 2.75) is 44.3 Å². The number of rotatable bonds is 9. The van der Waals surface area contributed by atoms with E-state index in [-0.39, 0.29) is 33.1 Å². The lowest BCUT2D eigenvalue weighted by molar-refractivity contribution is 0.0356. The summed E-state index contributed by atoms with van der Waals surface area (Å²) in [4.78, 5) is 24.0.